The Morgan fingerprint density at radius 1 is 1.41 bits per heavy atom. The Labute approximate surface area is 101 Å². The first-order chi connectivity index (χ1) is 8.40. The zero-order valence-corrected chi connectivity index (χ0v) is 9.89. The highest BCUT2D eigenvalue weighted by Gasteiger charge is 2.11. The molecule has 1 aromatic rings. The number of aliphatic hydroxyl groups is 1. The van der Waals surface area contributed by atoms with Crippen LogP contribution in [0.3, 0.4) is 0 Å². The average molecular weight is 237 g/mol. The predicted molar refractivity (Wildman–Crippen MR) is 67.3 cm³/mol. The number of anilines is 2. The maximum Gasteiger partial charge on any atom is 0.150 e. The lowest BCUT2D eigenvalue weighted by Gasteiger charge is -2.29. The van der Waals surface area contributed by atoms with Gasteiger partial charge in [0.25, 0.3) is 0 Å². The monoisotopic (exact) mass is 237 g/mol. The van der Waals surface area contributed by atoms with Crippen molar-refractivity contribution in [1.82, 2.24) is 15.5 Å². The van der Waals surface area contributed by atoms with Crippen molar-refractivity contribution in [3.05, 3.63) is 12.3 Å². The number of aliphatic hydroxyl groups excluding tert-OH is 1. The lowest BCUT2D eigenvalue weighted by Crippen LogP contribution is -2.43. The molecule has 0 aliphatic carbocycles. The Kier molecular flexibility index (Phi) is 4.52. The van der Waals surface area contributed by atoms with Crippen LogP contribution in [0.15, 0.2) is 12.3 Å². The fourth-order valence-electron chi connectivity index (χ4n) is 1.83. The van der Waals surface area contributed by atoms with Crippen LogP contribution in [0, 0.1) is 0 Å². The Morgan fingerprint density at radius 2 is 2.24 bits per heavy atom. The van der Waals surface area contributed by atoms with Crippen molar-refractivity contribution >= 4 is 11.5 Å². The molecule has 6 nitrogen and oxygen atoms in total. The van der Waals surface area contributed by atoms with Gasteiger partial charge in [-0.25, -0.2) is 0 Å². The van der Waals surface area contributed by atoms with Gasteiger partial charge in [-0.3, -0.25) is 0 Å². The van der Waals surface area contributed by atoms with E-state index in [1.54, 1.807) is 6.20 Å². The second-order valence-corrected chi connectivity index (χ2v) is 4.04. The van der Waals surface area contributed by atoms with Crippen molar-refractivity contribution in [3.8, 4) is 0 Å². The van der Waals surface area contributed by atoms with Gasteiger partial charge in [-0.1, -0.05) is 0 Å². The molecular formula is C11H19N5O. The van der Waals surface area contributed by atoms with Crippen LogP contribution in [-0.4, -0.2) is 54.6 Å². The highest BCUT2D eigenvalue weighted by molar-refractivity contribution is 5.52. The summed E-state index contributed by atoms with van der Waals surface area (Å²) in [5, 5.41) is 23.2. The van der Waals surface area contributed by atoms with Crippen LogP contribution in [-0.2, 0) is 0 Å². The minimum atomic E-state index is 0.192. The third-order valence-corrected chi connectivity index (χ3v) is 2.76. The minimum Gasteiger partial charge on any atom is -0.396 e. The van der Waals surface area contributed by atoms with E-state index in [2.05, 4.69) is 25.7 Å². The van der Waals surface area contributed by atoms with E-state index >= 15 is 0 Å². The molecule has 94 valence electrons. The molecule has 17 heavy (non-hydrogen) atoms. The molecule has 1 saturated heterocycles. The molecule has 0 spiro atoms. The van der Waals surface area contributed by atoms with Crippen molar-refractivity contribution in [2.45, 2.75) is 6.42 Å². The molecular weight excluding hydrogens is 218 g/mol. The quantitative estimate of drug-likeness (QED) is 0.610. The number of piperazine rings is 1. The Bertz CT molecular complexity index is 340. The van der Waals surface area contributed by atoms with Crippen LogP contribution in [0.5, 0.6) is 0 Å². The number of hydrogen-bond acceptors (Lipinski definition) is 6. The van der Waals surface area contributed by atoms with E-state index in [-0.39, 0.29) is 6.61 Å². The topological polar surface area (TPSA) is 73.3 Å². The second kappa shape index (κ2) is 6.36. The first kappa shape index (κ1) is 12.1. The van der Waals surface area contributed by atoms with E-state index in [0.29, 0.717) is 0 Å². The first-order valence-electron chi connectivity index (χ1n) is 6.03. The summed E-state index contributed by atoms with van der Waals surface area (Å²) in [6.45, 7) is 4.93. The summed E-state index contributed by atoms with van der Waals surface area (Å²) < 4.78 is 0. The van der Waals surface area contributed by atoms with Crippen molar-refractivity contribution in [2.75, 3.05) is 49.5 Å². The van der Waals surface area contributed by atoms with Gasteiger partial charge < -0.3 is 20.6 Å². The molecule has 0 saturated carbocycles. The molecule has 0 aromatic carbocycles. The molecule has 0 amide bonds. The lowest BCUT2D eigenvalue weighted by molar-refractivity contribution is 0.292. The Balaban J connectivity index is 1.95. The summed E-state index contributed by atoms with van der Waals surface area (Å²) in [7, 11) is 0. The van der Waals surface area contributed by atoms with E-state index < -0.39 is 0 Å². The molecule has 1 aliphatic rings. The molecule has 2 heterocycles. The highest BCUT2D eigenvalue weighted by atomic mass is 16.3. The summed E-state index contributed by atoms with van der Waals surface area (Å²) in [5.74, 6) is 0.773. The molecule has 1 aromatic heterocycles. The molecule has 1 aliphatic heterocycles. The standard InChI is InChI=1S/C11H19N5O/c17-7-1-2-13-11-8-10(9-14-15-11)16-5-3-12-4-6-16/h8-9,12,17H,1-7H2,(H,13,15). The lowest BCUT2D eigenvalue weighted by atomic mass is 10.3. The second-order valence-electron chi connectivity index (χ2n) is 4.04. The molecule has 1 fully saturated rings. The van der Waals surface area contributed by atoms with Crippen molar-refractivity contribution in [3.63, 3.8) is 0 Å². The van der Waals surface area contributed by atoms with Gasteiger partial charge in [-0.2, -0.15) is 5.10 Å². The molecule has 0 radical (unpaired) electrons. The Morgan fingerprint density at radius 3 is 3.00 bits per heavy atom. The average Bonchev–Trinajstić information content (AvgIpc) is 2.41. The molecule has 0 unspecified atom stereocenters. The van der Waals surface area contributed by atoms with E-state index in [1.165, 1.54) is 0 Å². The van der Waals surface area contributed by atoms with E-state index in [9.17, 15) is 0 Å². The minimum absolute atomic E-state index is 0.192. The van der Waals surface area contributed by atoms with Gasteiger partial charge in [0.2, 0.25) is 0 Å². The van der Waals surface area contributed by atoms with Gasteiger partial charge in [0.05, 0.1) is 11.9 Å². The summed E-state index contributed by atoms with van der Waals surface area (Å²) in [6.07, 6.45) is 2.52. The largest absolute Gasteiger partial charge is 0.396 e. The van der Waals surface area contributed by atoms with Crippen LogP contribution in [0.1, 0.15) is 6.42 Å². The number of hydrogen-bond donors (Lipinski definition) is 3. The van der Waals surface area contributed by atoms with Gasteiger partial charge >= 0.3 is 0 Å². The molecule has 0 atom stereocenters. The first-order valence-corrected chi connectivity index (χ1v) is 6.03. The van der Waals surface area contributed by atoms with Gasteiger partial charge in [0, 0.05) is 45.4 Å². The van der Waals surface area contributed by atoms with Gasteiger partial charge in [-0.05, 0) is 6.42 Å². The van der Waals surface area contributed by atoms with Crippen molar-refractivity contribution < 1.29 is 5.11 Å². The van der Waals surface area contributed by atoms with E-state index in [1.807, 2.05) is 6.07 Å². The fraction of sp³-hybridized carbons (Fsp3) is 0.636. The van der Waals surface area contributed by atoms with Crippen LogP contribution in [0.25, 0.3) is 0 Å². The SMILES string of the molecule is OCCCNc1cc(N2CCNCC2)cnn1. The van der Waals surface area contributed by atoms with Crippen LogP contribution in [0.2, 0.25) is 0 Å². The third kappa shape index (κ3) is 3.54. The normalized spacial score (nSPS) is 15.9. The van der Waals surface area contributed by atoms with E-state index in [0.717, 1.165) is 50.6 Å². The molecule has 0 bridgehead atoms. The maximum absolute atomic E-state index is 8.71. The smallest absolute Gasteiger partial charge is 0.150 e. The fourth-order valence-corrected chi connectivity index (χ4v) is 1.83. The molecule has 3 N–H and O–H groups in total. The summed E-state index contributed by atoms with van der Waals surface area (Å²) in [4.78, 5) is 2.29. The maximum atomic E-state index is 8.71. The van der Waals surface area contributed by atoms with Crippen LogP contribution < -0.4 is 15.5 Å². The van der Waals surface area contributed by atoms with E-state index in [4.69, 9.17) is 5.11 Å². The number of nitrogens with one attached hydrogen (secondary N) is 2. The molecule has 6 heteroatoms. The summed E-state index contributed by atoms with van der Waals surface area (Å²) in [5.41, 5.74) is 1.10. The number of rotatable bonds is 5. The summed E-state index contributed by atoms with van der Waals surface area (Å²) in [6, 6.07) is 2.01. The number of aromatic nitrogens is 2. The zero-order valence-electron chi connectivity index (χ0n) is 9.89. The van der Waals surface area contributed by atoms with Crippen LogP contribution in [0.4, 0.5) is 11.5 Å². The van der Waals surface area contributed by atoms with Crippen molar-refractivity contribution in [2.24, 2.45) is 0 Å². The van der Waals surface area contributed by atoms with Crippen LogP contribution >= 0.6 is 0 Å². The number of nitrogens with zero attached hydrogens (tertiary/aromatic N) is 3. The Hall–Kier alpha value is -1.40. The van der Waals surface area contributed by atoms with Crippen molar-refractivity contribution in [1.29, 1.82) is 0 Å². The molecule has 2 rings (SSSR count). The highest BCUT2D eigenvalue weighted by Crippen LogP contribution is 2.16. The predicted octanol–water partition coefficient (Wildman–Crippen LogP) is -0.319. The zero-order chi connectivity index (χ0) is 11.9. The van der Waals surface area contributed by atoms with Gasteiger partial charge in [-0.15, -0.1) is 5.10 Å². The van der Waals surface area contributed by atoms with Gasteiger partial charge in [0.15, 0.2) is 5.82 Å². The third-order valence-electron chi connectivity index (χ3n) is 2.76. The summed E-state index contributed by atoms with van der Waals surface area (Å²) >= 11 is 0. The van der Waals surface area contributed by atoms with Gasteiger partial charge in [0.1, 0.15) is 0 Å².